The number of benzene rings is 2. The highest BCUT2D eigenvalue weighted by molar-refractivity contribution is 7.89. The Morgan fingerprint density at radius 3 is 2.53 bits per heavy atom. The Hall–Kier alpha value is -3.12. The van der Waals surface area contributed by atoms with Crippen LogP contribution < -0.4 is 5.14 Å². The van der Waals surface area contributed by atoms with Crippen molar-refractivity contribution in [1.29, 1.82) is 0 Å². The highest BCUT2D eigenvalue weighted by Crippen LogP contribution is 2.31. The third-order valence-corrected chi connectivity index (χ3v) is 6.42. The standard InChI is InChI=1S/C21H16F2N4O3S2/c1-11-15(8-12-2-5-14(6-3-12)32(24)30)19(13-4-7-16(22)17(23)9-13)26-27(11)21-25-18(10-31-21)20(28)29/h2-7,9-10H,8,24H2,1H3,(H,28,29). The molecule has 0 aliphatic carbocycles. The second-order valence-electron chi connectivity index (χ2n) is 6.89. The Labute approximate surface area is 188 Å². The van der Waals surface area contributed by atoms with Gasteiger partial charge in [0.1, 0.15) is 0 Å². The van der Waals surface area contributed by atoms with Gasteiger partial charge < -0.3 is 9.66 Å². The minimum absolute atomic E-state index is 0.110. The molecule has 4 aromatic rings. The number of carboxylic acids is 1. The maximum absolute atomic E-state index is 13.9. The largest absolute Gasteiger partial charge is 0.593 e. The van der Waals surface area contributed by atoms with E-state index in [4.69, 9.17) is 5.14 Å². The van der Waals surface area contributed by atoms with Gasteiger partial charge in [0.15, 0.2) is 22.2 Å². The monoisotopic (exact) mass is 474 g/mol. The lowest BCUT2D eigenvalue weighted by atomic mass is 9.99. The summed E-state index contributed by atoms with van der Waals surface area (Å²) in [5, 5.41) is 20.9. The molecular formula is C21H16F2N4O3S2. The van der Waals surface area contributed by atoms with Crippen LogP contribution in [0.4, 0.5) is 8.78 Å². The molecule has 164 valence electrons. The van der Waals surface area contributed by atoms with Crippen molar-refractivity contribution in [2.24, 2.45) is 5.14 Å². The molecule has 0 fully saturated rings. The fraction of sp³-hybridized carbons (Fsp3) is 0.0952. The number of thiazole rings is 1. The van der Waals surface area contributed by atoms with Gasteiger partial charge in [-0.2, -0.15) is 5.10 Å². The average Bonchev–Trinajstić information content (AvgIpc) is 3.36. The van der Waals surface area contributed by atoms with Crippen LogP contribution in [-0.4, -0.2) is 30.4 Å². The predicted octanol–water partition coefficient (Wildman–Crippen LogP) is 3.85. The Kier molecular flexibility index (Phi) is 6.07. The van der Waals surface area contributed by atoms with Crippen molar-refractivity contribution in [1.82, 2.24) is 14.8 Å². The van der Waals surface area contributed by atoms with Gasteiger partial charge in [-0.05, 0) is 42.8 Å². The van der Waals surface area contributed by atoms with Crippen LogP contribution in [-0.2, 0) is 17.8 Å². The fourth-order valence-electron chi connectivity index (χ4n) is 3.21. The van der Waals surface area contributed by atoms with E-state index in [9.17, 15) is 23.2 Å². The Bertz CT molecular complexity index is 1300. The molecule has 0 spiro atoms. The normalized spacial score (nSPS) is 12.2. The number of halogens is 2. The first-order valence-corrected chi connectivity index (χ1v) is 11.3. The van der Waals surface area contributed by atoms with Crippen molar-refractivity contribution < 1.29 is 23.2 Å². The van der Waals surface area contributed by atoms with Gasteiger partial charge in [-0.15, -0.1) is 16.5 Å². The zero-order valence-corrected chi connectivity index (χ0v) is 18.2. The molecular weight excluding hydrogens is 458 g/mol. The predicted molar refractivity (Wildman–Crippen MR) is 116 cm³/mol. The number of aromatic nitrogens is 3. The summed E-state index contributed by atoms with van der Waals surface area (Å²) < 4.78 is 40.4. The second kappa shape index (κ2) is 8.79. The number of carboxylic acid groups (broad SMARTS) is 1. The van der Waals surface area contributed by atoms with Gasteiger partial charge in [-0.25, -0.2) is 23.2 Å². The summed E-state index contributed by atoms with van der Waals surface area (Å²) in [5.41, 5.74) is 2.93. The van der Waals surface area contributed by atoms with E-state index in [1.165, 1.54) is 16.1 Å². The maximum atomic E-state index is 13.9. The van der Waals surface area contributed by atoms with Crippen molar-refractivity contribution in [3.63, 3.8) is 0 Å². The number of nitrogens with zero attached hydrogens (tertiary/aromatic N) is 3. The summed E-state index contributed by atoms with van der Waals surface area (Å²) >= 11 is -0.492. The lowest BCUT2D eigenvalue weighted by molar-refractivity contribution is 0.0691. The first-order valence-electron chi connectivity index (χ1n) is 9.23. The smallest absolute Gasteiger partial charge is 0.355 e. The Morgan fingerprint density at radius 1 is 1.22 bits per heavy atom. The third kappa shape index (κ3) is 4.28. The van der Waals surface area contributed by atoms with Crippen molar-refractivity contribution >= 4 is 28.7 Å². The third-order valence-electron chi connectivity index (χ3n) is 4.86. The van der Waals surface area contributed by atoms with E-state index < -0.39 is 29.0 Å². The number of nitrogens with two attached hydrogens (primary N) is 1. The van der Waals surface area contributed by atoms with Crippen LogP contribution in [0.1, 0.15) is 27.3 Å². The number of carbonyl (C=O) groups is 1. The Balaban J connectivity index is 1.82. The molecule has 0 bridgehead atoms. The lowest BCUT2D eigenvalue weighted by Crippen LogP contribution is -2.11. The number of hydrogen-bond acceptors (Lipinski definition) is 6. The van der Waals surface area contributed by atoms with Gasteiger partial charge in [-0.1, -0.05) is 12.1 Å². The van der Waals surface area contributed by atoms with E-state index in [0.29, 0.717) is 33.4 Å². The van der Waals surface area contributed by atoms with Gasteiger partial charge in [-0.3, -0.25) is 0 Å². The molecule has 0 amide bonds. The molecule has 0 radical (unpaired) electrons. The van der Waals surface area contributed by atoms with Crippen molar-refractivity contribution in [3.8, 4) is 16.4 Å². The number of aromatic carboxylic acids is 1. The summed E-state index contributed by atoms with van der Waals surface area (Å²) in [6, 6.07) is 10.4. The highest BCUT2D eigenvalue weighted by atomic mass is 32.2. The van der Waals surface area contributed by atoms with E-state index in [1.807, 2.05) is 0 Å². The number of rotatable bonds is 6. The lowest BCUT2D eigenvalue weighted by Gasteiger charge is -2.07. The van der Waals surface area contributed by atoms with E-state index in [1.54, 1.807) is 31.2 Å². The van der Waals surface area contributed by atoms with Crippen molar-refractivity contribution in [3.05, 3.63) is 82.0 Å². The topological polar surface area (TPSA) is 117 Å². The highest BCUT2D eigenvalue weighted by Gasteiger charge is 2.21. The summed E-state index contributed by atoms with van der Waals surface area (Å²) in [6.07, 6.45) is 0.384. The van der Waals surface area contributed by atoms with Gasteiger partial charge in [0, 0.05) is 28.6 Å². The second-order valence-corrected chi connectivity index (χ2v) is 8.79. The van der Waals surface area contributed by atoms with E-state index >= 15 is 0 Å². The molecule has 4 rings (SSSR count). The quantitative estimate of drug-likeness (QED) is 0.410. The van der Waals surface area contributed by atoms with Gasteiger partial charge in [0.25, 0.3) is 0 Å². The molecule has 0 aliphatic heterocycles. The van der Waals surface area contributed by atoms with Crippen LogP contribution in [0.2, 0.25) is 0 Å². The number of hydrogen-bond donors (Lipinski definition) is 2. The molecule has 0 aliphatic rings. The van der Waals surface area contributed by atoms with Crippen LogP contribution in [0.5, 0.6) is 0 Å². The van der Waals surface area contributed by atoms with E-state index in [-0.39, 0.29) is 5.69 Å². The fourth-order valence-corrected chi connectivity index (χ4v) is 4.42. The zero-order chi connectivity index (χ0) is 23.0. The summed E-state index contributed by atoms with van der Waals surface area (Å²) in [6.45, 7) is 1.79. The summed E-state index contributed by atoms with van der Waals surface area (Å²) in [4.78, 5) is 15.8. The molecule has 32 heavy (non-hydrogen) atoms. The maximum Gasteiger partial charge on any atom is 0.355 e. The van der Waals surface area contributed by atoms with Crippen molar-refractivity contribution in [2.75, 3.05) is 0 Å². The molecule has 11 heteroatoms. The molecule has 0 saturated heterocycles. The summed E-state index contributed by atoms with van der Waals surface area (Å²) in [7, 11) is 0. The van der Waals surface area contributed by atoms with Crippen LogP contribution in [0.3, 0.4) is 0 Å². The molecule has 7 nitrogen and oxygen atoms in total. The minimum atomic E-state index is -1.60. The molecule has 1 unspecified atom stereocenters. The first-order chi connectivity index (χ1) is 15.2. The van der Waals surface area contributed by atoms with Crippen LogP contribution >= 0.6 is 11.3 Å². The van der Waals surface area contributed by atoms with E-state index in [2.05, 4.69) is 10.1 Å². The van der Waals surface area contributed by atoms with Gasteiger partial charge in [0.05, 0.1) is 17.1 Å². The SMILES string of the molecule is Cc1c(Cc2ccc([S+](N)[O-])cc2)c(-c2ccc(F)c(F)c2)nn1-c1nc(C(=O)O)cs1. The summed E-state index contributed by atoms with van der Waals surface area (Å²) in [5.74, 6) is -3.13. The molecule has 2 aromatic heterocycles. The van der Waals surface area contributed by atoms with E-state index in [0.717, 1.165) is 34.6 Å². The van der Waals surface area contributed by atoms with Gasteiger partial charge >= 0.3 is 5.97 Å². The molecule has 1 atom stereocenters. The molecule has 0 saturated carbocycles. The van der Waals surface area contributed by atoms with Crippen molar-refractivity contribution in [2.45, 2.75) is 18.2 Å². The average molecular weight is 475 g/mol. The zero-order valence-electron chi connectivity index (χ0n) is 16.6. The van der Waals surface area contributed by atoms with Crippen LogP contribution in [0.15, 0.2) is 52.7 Å². The van der Waals surface area contributed by atoms with Gasteiger partial charge in [0.2, 0.25) is 5.13 Å². The Morgan fingerprint density at radius 2 is 1.94 bits per heavy atom. The molecule has 2 heterocycles. The first kappa shape index (κ1) is 22.1. The van der Waals surface area contributed by atoms with Crippen LogP contribution in [0, 0.1) is 18.6 Å². The van der Waals surface area contributed by atoms with Crippen LogP contribution in [0.25, 0.3) is 16.4 Å². The minimum Gasteiger partial charge on any atom is -0.593 e. The molecule has 3 N–H and O–H groups in total. The molecule has 2 aromatic carbocycles.